The maximum Gasteiger partial charge on any atom is 0.0974 e. The van der Waals surface area contributed by atoms with Gasteiger partial charge < -0.3 is 4.90 Å². The van der Waals surface area contributed by atoms with Crippen molar-refractivity contribution in [3.63, 3.8) is 0 Å². The minimum Gasteiger partial charge on any atom is -0.347 e. The van der Waals surface area contributed by atoms with Crippen molar-refractivity contribution in [3.8, 4) is 0 Å². The second-order valence-electron chi connectivity index (χ2n) is 6.85. The van der Waals surface area contributed by atoms with Crippen molar-refractivity contribution in [1.82, 2.24) is 24.5 Å². The van der Waals surface area contributed by atoms with Crippen LogP contribution in [0.3, 0.4) is 0 Å². The highest BCUT2D eigenvalue weighted by molar-refractivity contribution is 6.15. The number of likely N-dealkylation sites (N-methyl/N-ethyl adjacent to an activating group) is 1. The Morgan fingerprint density at radius 3 is 2.37 bits per heavy atom. The molecule has 144 valence electrons. The number of allylic oxidation sites excluding steroid dienone is 2. The lowest BCUT2D eigenvalue weighted by atomic mass is 10.1. The zero-order valence-electron chi connectivity index (χ0n) is 17.1. The first-order chi connectivity index (χ1) is 13.1. The molecule has 0 N–H and O–H groups in total. The van der Waals surface area contributed by atoms with Gasteiger partial charge in [0.15, 0.2) is 0 Å². The van der Waals surface area contributed by atoms with Gasteiger partial charge in [-0.05, 0) is 26.2 Å². The zero-order chi connectivity index (χ0) is 19.4. The van der Waals surface area contributed by atoms with Crippen molar-refractivity contribution >= 4 is 11.4 Å². The van der Waals surface area contributed by atoms with Crippen molar-refractivity contribution < 1.29 is 0 Å². The Kier molecular flexibility index (Phi) is 5.94. The van der Waals surface area contributed by atoms with Crippen LogP contribution in [0.25, 0.3) is 5.70 Å². The average molecular weight is 367 g/mol. The predicted molar refractivity (Wildman–Crippen MR) is 110 cm³/mol. The summed E-state index contributed by atoms with van der Waals surface area (Å²) in [4.78, 5) is 7.16. The van der Waals surface area contributed by atoms with E-state index in [2.05, 4.69) is 73.0 Å². The lowest BCUT2D eigenvalue weighted by Crippen LogP contribution is -2.23. The smallest absolute Gasteiger partial charge is 0.0974 e. The van der Waals surface area contributed by atoms with Gasteiger partial charge in [-0.15, -0.1) is 0 Å². The van der Waals surface area contributed by atoms with E-state index in [1.54, 1.807) is 0 Å². The molecule has 0 spiro atoms. The highest BCUT2D eigenvalue weighted by Crippen LogP contribution is 2.27. The van der Waals surface area contributed by atoms with Crippen molar-refractivity contribution in [2.75, 3.05) is 7.05 Å². The minimum atomic E-state index is 0.428. The van der Waals surface area contributed by atoms with Gasteiger partial charge in [0.25, 0.3) is 0 Å². The molecule has 6 nitrogen and oxygen atoms in total. The zero-order valence-corrected chi connectivity index (χ0v) is 17.1. The fourth-order valence-corrected chi connectivity index (χ4v) is 3.40. The van der Waals surface area contributed by atoms with Crippen LogP contribution in [-0.2, 0) is 6.54 Å². The molecule has 27 heavy (non-hydrogen) atoms. The molecule has 0 amide bonds. The summed E-state index contributed by atoms with van der Waals surface area (Å²) in [5, 5.41) is 9.02. The Labute approximate surface area is 161 Å². The van der Waals surface area contributed by atoms with Crippen molar-refractivity contribution in [2.24, 2.45) is 4.99 Å². The molecule has 0 radical (unpaired) electrons. The first-order valence-electron chi connectivity index (χ1n) is 9.92. The van der Waals surface area contributed by atoms with Crippen LogP contribution >= 0.6 is 0 Å². The Bertz CT molecular complexity index is 863. The Balaban J connectivity index is 2.03. The molecule has 1 aliphatic rings. The second kappa shape index (κ2) is 8.37. The lowest BCUT2D eigenvalue weighted by molar-refractivity contribution is 0.428. The minimum absolute atomic E-state index is 0.428. The van der Waals surface area contributed by atoms with Crippen LogP contribution in [0.15, 0.2) is 47.8 Å². The first kappa shape index (κ1) is 19.1. The van der Waals surface area contributed by atoms with Gasteiger partial charge in [-0.2, -0.15) is 10.2 Å². The van der Waals surface area contributed by atoms with Crippen LogP contribution in [-0.4, -0.2) is 37.2 Å². The molecule has 6 heteroatoms. The number of aromatic nitrogens is 4. The number of aliphatic imine (C=N–C) groups is 1. The topological polar surface area (TPSA) is 51.2 Å². The van der Waals surface area contributed by atoms with Crippen molar-refractivity contribution in [1.29, 1.82) is 0 Å². The maximum atomic E-state index is 5.01. The number of hydrogen-bond acceptors (Lipinski definition) is 4. The average Bonchev–Trinajstić information content (AvgIpc) is 3.34. The van der Waals surface area contributed by atoms with E-state index in [9.17, 15) is 0 Å². The fraction of sp³-hybridized carbons (Fsp3) is 0.476. The summed E-state index contributed by atoms with van der Waals surface area (Å²) in [7, 11) is 2.08. The van der Waals surface area contributed by atoms with Crippen molar-refractivity contribution in [2.45, 2.75) is 59.5 Å². The summed E-state index contributed by atoms with van der Waals surface area (Å²) >= 11 is 0. The van der Waals surface area contributed by atoms with E-state index >= 15 is 0 Å². The molecule has 2 aromatic heterocycles. The van der Waals surface area contributed by atoms with Gasteiger partial charge in [0.05, 0.1) is 35.5 Å². The van der Waals surface area contributed by atoms with E-state index in [-0.39, 0.29) is 0 Å². The van der Waals surface area contributed by atoms with Gasteiger partial charge in [-0.1, -0.05) is 26.8 Å². The normalized spacial score (nSPS) is 16.2. The summed E-state index contributed by atoms with van der Waals surface area (Å²) in [6.07, 6.45) is 15.4. The first-order valence-corrected chi connectivity index (χ1v) is 9.92. The van der Waals surface area contributed by atoms with Gasteiger partial charge in [0, 0.05) is 43.3 Å². The third-order valence-corrected chi connectivity index (χ3v) is 5.01. The summed E-state index contributed by atoms with van der Waals surface area (Å²) in [6, 6.07) is 0.428. The van der Waals surface area contributed by atoms with Crippen LogP contribution < -0.4 is 0 Å². The summed E-state index contributed by atoms with van der Waals surface area (Å²) in [5.74, 6) is 0. The molecule has 2 aromatic rings. The molecular weight excluding hydrogens is 336 g/mol. The molecule has 0 aromatic carbocycles. The van der Waals surface area contributed by atoms with Gasteiger partial charge in [0.1, 0.15) is 0 Å². The Morgan fingerprint density at radius 2 is 1.74 bits per heavy atom. The van der Waals surface area contributed by atoms with E-state index in [0.29, 0.717) is 6.04 Å². The van der Waals surface area contributed by atoms with Gasteiger partial charge >= 0.3 is 0 Å². The van der Waals surface area contributed by atoms with Crippen LogP contribution in [0.5, 0.6) is 0 Å². The maximum absolute atomic E-state index is 5.01. The number of nitrogens with zero attached hydrogens (tertiary/aromatic N) is 6. The van der Waals surface area contributed by atoms with Crippen molar-refractivity contribution in [3.05, 3.63) is 53.9 Å². The van der Waals surface area contributed by atoms with Crippen LogP contribution in [0, 0.1) is 0 Å². The molecule has 0 saturated carbocycles. The monoisotopic (exact) mass is 366 g/mol. The standard InChI is InChI=1S/C21H30N6/c1-6-10-20-21(17-12-23-27(14-17)18(7-2)8-3)24-19(15-25(20)5)16-11-22-26(9-4)13-16/h10-15,18H,6-9H2,1-5H3/b20-10-. The largest absolute Gasteiger partial charge is 0.347 e. The predicted octanol–water partition coefficient (Wildman–Crippen LogP) is 4.49. The quantitative estimate of drug-likeness (QED) is 0.725. The molecule has 3 rings (SSSR count). The summed E-state index contributed by atoms with van der Waals surface area (Å²) in [6.45, 7) is 9.49. The highest BCUT2D eigenvalue weighted by Gasteiger charge is 2.22. The van der Waals surface area contributed by atoms with Crippen LogP contribution in [0.1, 0.15) is 64.1 Å². The summed E-state index contributed by atoms with van der Waals surface area (Å²) < 4.78 is 4.00. The molecule has 0 bridgehead atoms. The molecule has 1 aliphatic heterocycles. The second-order valence-corrected chi connectivity index (χ2v) is 6.85. The van der Waals surface area contributed by atoms with Gasteiger partial charge in [-0.25, -0.2) is 4.99 Å². The summed E-state index contributed by atoms with van der Waals surface area (Å²) in [5.41, 5.74) is 5.10. The van der Waals surface area contributed by atoms with E-state index in [1.807, 2.05) is 23.3 Å². The third-order valence-electron chi connectivity index (χ3n) is 5.01. The molecule has 0 aliphatic carbocycles. The van der Waals surface area contributed by atoms with Crippen LogP contribution in [0.4, 0.5) is 0 Å². The van der Waals surface area contributed by atoms with Gasteiger partial charge in [-0.3, -0.25) is 9.36 Å². The number of hydrogen-bond donors (Lipinski definition) is 0. The Morgan fingerprint density at radius 1 is 1.00 bits per heavy atom. The van der Waals surface area contributed by atoms with E-state index < -0.39 is 0 Å². The van der Waals surface area contributed by atoms with E-state index in [0.717, 1.165) is 54.0 Å². The van der Waals surface area contributed by atoms with E-state index in [4.69, 9.17) is 4.99 Å². The molecule has 0 atom stereocenters. The SMILES string of the molecule is CC/C=C1/C(c2cnn(C(CC)CC)c2)=NC(c2cnn(CC)c2)=CN1C. The molecular formula is C21H30N6. The van der Waals surface area contributed by atoms with E-state index in [1.165, 1.54) is 0 Å². The highest BCUT2D eigenvalue weighted by atomic mass is 15.3. The molecule has 0 saturated heterocycles. The molecule has 0 unspecified atom stereocenters. The molecule has 0 fully saturated rings. The third kappa shape index (κ3) is 3.89. The Hall–Kier alpha value is -2.63. The number of rotatable bonds is 7. The van der Waals surface area contributed by atoms with Crippen LogP contribution in [0.2, 0.25) is 0 Å². The lowest BCUT2D eigenvalue weighted by Gasteiger charge is -2.25. The molecule has 3 heterocycles. The fourth-order valence-electron chi connectivity index (χ4n) is 3.40. The number of aryl methyl sites for hydroxylation is 1. The van der Waals surface area contributed by atoms with Gasteiger partial charge in [0.2, 0.25) is 0 Å².